The molecular weight excluding hydrogens is 296 g/mol. The minimum atomic E-state index is -0.318. The second kappa shape index (κ2) is 7.00. The molecule has 1 saturated carbocycles. The van der Waals surface area contributed by atoms with E-state index in [1.165, 1.54) is 5.56 Å². The maximum Gasteiger partial charge on any atom is 0.414 e. The van der Waals surface area contributed by atoms with Crippen LogP contribution in [0.1, 0.15) is 37.2 Å². The van der Waals surface area contributed by atoms with Gasteiger partial charge in [0.1, 0.15) is 6.10 Å². The highest BCUT2D eigenvalue weighted by molar-refractivity contribution is 5.89. The van der Waals surface area contributed by atoms with E-state index in [4.69, 9.17) is 14.7 Å². The van der Waals surface area contributed by atoms with Crippen LogP contribution in [0.15, 0.2) is 29.4 Å². The third kappa shape index (κ3) is 3.47. The predicted molar refractivity (Wildman–Crippen MR) is 86.4 cm³/mol. The summed E-state index contributed by atoms with van der Waals surface area (Å²) in [6.07, 6.45) is 3.17. The Morgan fingerprint density at radius 2 is 2.00 bits per heavy atom. The van der Waals surface area contributed by atoms with Crippen molar-refractivity contribution >= 4 is 17.5 Å². The number of nitrogens with zero attached hydrogens (tertiary/aromatic N) is 2. The fourth-order valence-corrected chi connectivity index (χ4v) is 3.32. The second-order valence-corrected chi connectivity index (χ2v) is 6.10. The number of benzene rings is 1. The molecule has 124 valence electrons. The first-order valence-electron chi connectivity index (χ1n) is 7.98. The zero-order chi connectivity index (χ0) is 16.2. The Balaban J connectivity index is 1.65. The van der Waals surface area contributed by atoms with Crippen molar-refractivity contribution in [1.29, 1.82) is 0 Å². The number of hydrogen-bond acceptors (Lipinski definition) is 5. The third-order valence-electron chi connectivity index (χ3n) is 4.61. The van der Waals surface area contributed by atoms with Gasteiger partial charge in [-0.3, -0.25) is 4.90 Å². The van der Waals surface area contributed by atoms with Gasteiger partial charge in [0.15, 0.2) is 0 Å². The van der Waals surface area contributed by atoms with Crippen molar-refractivity contribution < 1.29 is 19.5 Å². The lowest BCUT2D eigenvalue weighted by molar-refractivity contribution is 0.0718. The smallest absolute Gasteiger partial charge is 0.414 e. The molecule has 6 heteroatoms. The topological polar surface area (TPSA) is 71.4 Å². The molecule has 1 saturated heterocycles. The molecule has 1 aliphatic heterocycles. The van der Waals surface area contributed by atoms with Gasteiger partial charge in [-0.2, -0.15) is 0 Å². The Labute approximate surface area is 135 Å². The quantitative estimate of drug-likeness (QED) is 0.684. The van der Waals surface area contributed by atoms with Crippen LogP contribution in [0.3, 0.4) is 0 Å². The number of cyclic esters (lactones) is 1. The van der Waals surface area contributed by atoms with E-state index in [0.717, 1.165) is 37.1 Å². The monoisotopic (exact) mass is 318 g/mol. The molecule has 2 fully saturated rings. The Hall–Kier alpha value is -2.08. The molecule has 1 atom stereocenters. The van der Waals surface area contributed by atoms with Crippen LogP contribution in [-0.4, -0.2) is 43.4 Å². The molecule has 0 radical (unpaired) electrons. The summed E-state index contributed by atoms with van der Waals surface area (Å²) in [7, 11) is 1.60. The molecule has 6 nitrogen and oxygen atoms in total. The van der Waals surface area contributed by atoms with E-state index < -0.39 is 0 Å². The Bertz CT molecular complexity index is 575. The van der Waals surface area contributed by atoms with Crippen molar-refractivity contribution in [2.24, 2.45) is 5.16 Å². The number of methoxy groups -OCH3 is 1. The highest BCUT2D eigenvalue weighted by Gasteiger charge is 2.32. The van der Waals surface area contributed by atoms with Crippen LogP contribution in [0.5, 0.6) is 0 Å². The number of carbonyl (C=O) groups excluding carboxylic acids is 1. The standard InChI is InChI=1S/C17H22N2O4/c1-22-11-16-10-19(17(20)23-16)15-8-4-13(5-9-15)12-2-6-14(18-21)7-3-12/h4-5,8-9,12,16,21H,2-3,6-7,10-11H2,1H3. The lowest BCUT2D eigenvalue weighted by atomic mass is 9.83. The van der Waals surface area contributed by atoms with Gasteiger partial charge in [-0.1, -0.05) is 17.3 Å². The number of ether oxygens (including phenoxy) is 2. The second-order valence-electron chi connectivity index (χ2n) is 6.10. The summed E-state index contributed by atoms with van der Waals surface area (Å²) in [5, 5.41) is 12.1. The number of anilines is 1. The molecule has 1 unspecified atom stereocenters. The van der Waals surface area contributed by atoms with Crippen LogP contribution in [0.2, 0.25) is 0 Å². The van der Waals surface area contributed by atoms with Crippen LogP contribution in [0.4, 0.5) is 10.5 Å². The minimum Gasteiger partial charge on any atom is -0.441 e. The zero-order valence-corrected chi connectivity index (χ0v) is 13.3. The van der Waals surface area contributed by atoms with E-state index in [-0.39, 0.29) is 12.2 Å². The summed E-state index contributed by atoms with van der Waals surface area (Å²) in [5.74, 6) is 0.487. The maximum atomic E-state index is 11.9. The summed E-state index contributed by atoms with van der Waals surface area (Å²) in [6, 6.07) is 8.11. The summed E-state index contributed by atoms with van der Waals surface area (Å²) >= 11 is 0. The molecule has 1 aromatic rings. The van der Waals surface area contributed by atoms with Crippen LogP contribution in [-0.2, 0) is 9.47 Å². The van der Waals surface area contributed by atoms with Gasteiger partial charge in [-0.25, -0.2) is 4.79 Å². The van der Waals surface area contributed by atoms with Gasteiger partial charge in [-0.15, -0.1) is 0 Å². The van der Waals surface area contributed by atoms with Gasteiger partial charge in [0.05, 0.1) is 18.9 Å². The van der Waals surface area contributed by atoms with Crippen molar-refractivity contribution in [3.8, 4) is 0 Å². The van der Waals surface area contributed by atoms with E-state index in [1.54, 1.807) is 12.0 Å². The molecule has 1 aliphatic carbocycles. The van der Waals surface area contributed by atoms with Gasteiger partial charge < -0.3 is 14.7 Å². The van der Waals surface area contributed by atoms with Gasteiger partial charge in [-0.05, 0) is 49.3 Å². The molecule has 1 aromatic carbocycles. The normalized spacial score (nSPS) is 24.7. The first kappa shape index (κ1) is 15.8. The number of hydrogen-bond donors (Lipinski definition) is 1. The molecule has 1 amide bonds. The lowest BCUT2D eigenvalue weighted by Gasteiger charge is -2.23. The predicted octanol–water partition coefficient (Wildman–Crippen LogP) is 3.15. The molecule has 0 spiro atoms. The van der Waals surface area contributed by atoms with Crippen molar-refractivity contribution in [1.82, 2.24) is 0 Å². The van der Waals surface area contributed by atoms with Gasteiger partial charge in [0, 0.05) is 12.8 Å². The number of carbonyl (C=O) groups is 1. The molecule has 23 heavy (non-hydrogen) atoms. The number of amides is 1. The number of oxime groups is 1. The molecule has 3 rings (SSSR count). The number of rotatable bonds is 4. The van der Waals surface area contributed by atoms with Crippen LogP contribution < -0.4 is 4.90 Å². The van der Waals surface area contributed by atoms with Crippen molar-refractivity contribution in [3.63, 3.8) is 0 Å². The Kier molecular flexibility index (Phi) is 4.81. The van der Waals surface area contributed by atoms with E-state index in [2.05, 4.69) is 17.3 Å². The molecule has 0 bridgehead atoms. The first-order valence-corrected chi connectivity index (χ1v) is 7.98. The highest BCUT2D eigenvalue weighted by Crippen LogP contribution is 2.33. The lowest BCUT2D eigenvalue weighted by Crippen LogP contribution is -2.25. The molecule has 1 N–H and O–H groups in total. The molecule has 2 aliphatic rings. The van der Waals surface area contributed by atoms with Crippen LogP contribution >= 0.6 is 0 Å². The average Bonchev–Trinajstić information content (AvgIpc) is 2.96. The zero-order valence-electron chi connectivity index (χ0n) is 13.3. The summed E-state index contributed by atoms with van der Waals surface area (Å²) in [4.78, 5) is 13.6. The first-order chi connectivity index (χ1) is 11.2. The van der Waals surface area contributed by atoms with Crippen molar-refractivity contribution in [2.75, 3.05) is 25.2 Å². The van der Waals surface area contributed by atoms with Crippen molar-refractivity contribution in [3.05, 3.63) is 29.8 Å². The van der Waals surface area contributed by atoms with E-state index in [9.17, 15) is 4.79 Å². The summed E-state index contributed by atoms with van der Waals surface area (Å²) in [5.41, 5.74) is 3.01. The summed E-state index contributed by atoms with van der Waals surface area (Å²) < 4.78 is 10.3. The van der Waals surface area contributed by atoms with E-state index in [0.29, 0.717) is 19.1 Å². The SMILES string of the molecule is COCC1CN(c2ccc(C3CCC(=NO)CC3)cc2)C(=O)O1. The van der Waals surface area contributed by atoms with Crippen molar-refractivity contribution in [2.45, 2.75) is 37.7 Å². The molecule has 1 heterocycles. The summed E-state index contributed by atoms with van der Waals surface area (Å²) in [6.45, 7) is 0.933. The fraction of sp³-hybridized carbons (Fsp3) is 0.529. The van der Waals surface area contributed by atoms with Gasteiger partial charge in [0.25, 0.3) is 0 Å². The Morgan fingerprint density at radius 3 is 2.61 bits per heavy atom. The van der Waals surface area contributed by atoms with E-state index in [1.807, 2.05) is 12.1 Å². The average molecular weight is 318 g/mol. The van der Waals surface area contributed by atoms with E-state index >= 15 is 0 Å². The molecular formula is C17H22N2O4. The fourth-order valence-electron chi connectivity index (χ4n) is 3.32. The molecule has 0 aromatic heterocycles. The maximum absolute atomic E-state index is 11.9. The largest absolute Gasteiger partial charge is 0.441 e. The third-order valence-corrected chi connectivity index (χ3v) is 4.61. The Morgan fingerprint density at radius 1 is 1.30 bits per heavy atom. The van der Waals surface area contributed by atoms with Crippen LogP contribution in [0.25, 0.3) is 0 Å². The van der Waals surface area contributed by atoms with Crippen LogP contribution in [0, 0.1) is 0 Å². The minimum absolute atomic E-state index is 0.207. The van der Waals surface area contributed by atoms with Gasteiger partial charge in [0.2, 0.25) is 0 Å². The highest BCUT2D eigenvalue weighted by atomic mass is 16.6. The van der Waals surface area contributed by atoms with Gasteiger partial charge >= 0.3 is 6.09 Å².